The lowest BCUT2D eigenvalue weighted by Crippen LogP contribution is -2.33. The minimum absolute atomic E-state index is 0.0235. The average molecular weight is 696 g/mol. The van der Waals surface area contributed by atoms with Crippen LogP contribution in [0.5, 0.6) is 11.5 Å². The lowest BCUT2D eigenvalue weighted by molar-refractivity contribution is -0.117. The number of halogens is 1. The third-order valence-electron chi connectivity index (χ3n) is 7.26. The van der Waals surface area contributed by atoms with Crippen LogP contribution >= 0.6 is 23.4 Å². The highest BCUT2D eigenvalue weighted by molar-refractivity contribution is 8.01. The summed E-state index contributed by atoms with van der Waals surface area (Å²) in [6, 6.07) is 31.6. The molecule has 3 amide bonds. The Kier molecular flexibility index (Phi) is 11.1. The van der Waals surface area contributed by atoms with Crippen LogP contribution in [0.3, 0.4) is 0 Å². The van der Waals surface area contributed by atoms with Gasteiger partial charge in [0.2, 0.25) is 5.91 Å². The van der Waals surface area contributed by atoms with Gasteiger partial charge in [-0.1, -0.05) is 41.9 Å². The van der Waals surface area contributed by atoms with Gasteiger partial charge in [-0.25, -0.2) is 0 Å². The highest BCUT2D eigenvalue weighted by Gasteiger charge is 2.29. The molecule has 0 unspecified atom stereocenters. The molecule has 4 aromatic carbocycles. The predicted octanol–water partition coefficient (Wildman–Crippen LogP) is 8.54. The SMILES string of the molecule is COc1ccc(NC(=O)C(C)(C)Sc2ccc(NC(=O)/C(=C/c3ccc(-c4ccccc4OC)o3)NC(=O)c3ccccc3)cc2)cc1Cl. The number of nitrogens with one attached hydrogen (secondary N) is 3. The van der Waals surface area contributed by atoms with Gasteiger partial charge in [0, 0.05) is 27.9 Å². The molecule has 5 aromatic rings. The zero-order valence-corrected chi connectivity index (χ0v) is 28.8. The quantitative estimate of drug-likeness (QED) is 0.0884. The van der Waals surface area contributed by atoms with Crippen LogP contribution in [0.15, 0.2) is 124 Å². The maximum atomic E-state index is 13.6. The fourth-order valence-corrected chi connectivity index (χ4v) is 5.94. The van der Waals surface area contributed by atoms with Crippen LogP contribution in [-0.4, -0.2) is 36.7 Å². The van der Waals surface area contributed by atoms with Crippen LogP contribution in [0.1, 0.15) is 30.0 Å². The number of ether oxygens (including phenoxy) is 2. The topological polar surface area (TPSA) is 119 Å². The molecule has 3 N–H and O–H groups in total. The van der Waals surface area contributed by atoms with E-state index in [1.165, 1.54) is 24.9 Å². The van der Waals surface area contributed by atoms with Gasteiger partial charge < -0.3 is 29.8 Å². The molecule has 0 aliphatic carbocycles. The molecule has 0 aliphatic rings. The van der Waals surface area contributed by atoms with E-state index in [1.54, 1.807) is 92.0 Å². The van der Waals surface area contributed by atoms with Gasteiger partial charge in [0.1, 0.15) is 28.7 Å². The maximum absolute atomic E-state index is 13.6. The summed E-state index contributed by atoms with van der Waals surface area (Å²) in [6.07, 6.45) is 1.47. The first-order valence-corrected chi connectivity index (χ1v) is 16.3. The normalized spacial score (nSPS) is 11.4. The number of furan rings is 1. The zero-order chi connectivity index (χ0) is 35.0. The number of benzene rings is 4. The average Bonchev–Trinajstić information content (AvgIpc) is 3.57. The third-order valence-corrected chi connectivity index (χ3v) is 8.76. The zero-order valence-electron chi connectivity index (χ0n) is 27.2. The Labute approximate surface area is 293 Å². The van der Waals surface area contributed by atoms with Crippen molar-refractivity contribution in [1.29, 1.82) is 0 Å². The smallest absolute Gasteiger partial charge is 0.272 e. The molecule has 0 fully saturated rings. The number of para-hydroxylation sites is 1. The second-order valence-corrected chi connectivity index (χ2v) is 13.3. The summed E-state index contributed by atoms with van der Waals surface area (Å²) in [5.41, 5.74) is 2.14. The third kappa shape index (κ3) is 8.92. The lowest BCUT2D eigenvalue weighted by atomic mass is 10.1. The van der Waals surface area contributed by atoms with Gasteiger partial charge in [-0.3, -0.25) is 14.4 Å². The Morgan fingerprint density at radius 2 is 1.45 bits per heavy atom. The standard InChI is InChI=1S/C38H34ClN3O6S/c1-38(2,37(45)41-26-16-20-34(47-4)30(39)22-26)49-28-18-14-25(15-19-28)40-36(44)31(42-35(43)24-10-6-5-7-11-24)23-27-17-21-33(48-27)29-12-8-9-13-32(29)46-3/h5-23H,1-4H3,(H,40,44)(H,41,45)(H,42,43)/b31-23-. The predicted molar refractivity (Wildman–Crippen MR) is 194 cm³/mol. The van der Waals surface area contributed by atoms with E-state index >= 15 is 0 Å². The molecule has 0 atom stereocenters. The second-order valence-electron chi connectivity index (χ2n) is 11.2. The number of anilines is 2. The van der Waals surface area contributed by atoms with Gasteiger partial charge in [-0.15, -0.1) is 11.8 Å². The maximum Gasteiger partial charge on any atom is 0.272 e. The molecular formula is C38H34ClN3O6S. The first kappa shape index (κ1) is 34.9. The number of carbonyl (C=O) groups is 3. The number of rotatable bonds is 12. The highest BCUT2D eigenvalue weighted by atomic mass is 35.5. The van der Waals surface area contributed by atoms with Gasteiger partial charge >= 0.3 is 0 Å². The molecule has 0 saturated heterocycles. The summed E-state index contributed by atoms with van der Waals surface area (Å²) in [5, 5.41) is 8.85. The van der Waals surface area contributed by atoms with Crippen LogP contribution in [0, 0.1) is 0 Å². The molecule has 1 aromatic heterocycles. The molecule has 0 bridgehead atoms. The summed E-state index contributed by atoms with van der Waals surface area (Å²) in [5.74, 6) is 0.808. The van der Waals surface area contributed by atoms with E-state index in [9.17, 15) is 14.4 Å². The van der Waals surface area contributed by atoms with Crippen molar-refractivity contribution < 1.29 is 28.3 Å². The van der Waals surface area contributed by atoms with Gasteiger partial charge in [0.25, 0.3) is 11.8 Å². The van der Waals surface area contributed by atoms with Crippen molar-refractivity contribution in [2.45, 2.75) is 23.5 Å². The Morgan fingerprint density at radius 1 is 0.776 bits per heavy atom. The number of thioether (sulfide) groups is 1. The van der Waals surface area contributed by atoms with Crippen molar-refractivity contribution in [1.82, 2.24) is 5.32 Å². The molecular weight excluding hydrogens is 662 g/mol. The number of methoxy groups -OCH3 is 2. The van der Waals surface area contributed by atoms with E-state index < -0.39 is 16.6 Å². The van der Waals surface area contributed by atoms with Crippen LogP contribution in [-0.2, 0) is 9.59 Å². The molecule has 11 heteroatoms. The molecule has 250 valence electrons. The summed E-state index contributed by atoms with van der Waals surface area (Å²) in [4.78, 5) is 40.6. The van der Waals surface area contributed by atoms with E-state index in [-0.39, 0.29) is 11.6 Å². The van der Waals surface area contributed by atoms with Gasteiger partial charge in [0.15, 0.2) is 0 Å². The van der Waals surface area contributed by atoms with Crippen molar-refractivity contribution in [2.24, 2.45) is 0 Å². The van der Waals surface area contributed by atoms with E-state index in [4.69, 9.17) is 25.5 Å². The monoisotopic (exact) mass is 695 g/mol. The van der Waals surface area contributed by atoms with Gasteiger partial charge in [0.05, 0.1) is 29.6 Å². The Bertz CT molecular complexity index is 1990. The van der Waals surface area contributed by atoms with Crippen molar-refractivity contribution in [3.8, 4) is 22.8 Å². The van der Waals surface area contributed by atoms with Crippen molar-refractivity contribution >= 4 is 58.5 Å². The van der Waals surface area contributed by atoms with E-state index in [0.29, 0.717) is 45.0 Å². The Balaban J connectivity index is 1.30. The molecule has 9 nitrogen and oxygen atoms in total. The lowest BCUT2D eigenvalue weighted by Gasteiger charge is -2.23. The van der Waals surface area contributed by atoms with Gasteiger partial charge in [-0.05, 0) is 92.7 Å². The minimum atomic E-state index is -0.847. The Morgan fingerprint density at radius 3 is 2.14 bits per heavy atom. The number of hydrogen-bond acceptors (Lipinski definition) is 7. The molecule has 0 aliphatic heterocycles. The number of amides is 3. The molecule has 0 radical (unpaired) electrons. The van der Waals surface area contributed by atoms with Gasteiger partial charge in [-0.2, -0.15) is 0 Å². The first-order chi connectivity index (χ1) is 23.6. The molecule has 5 rings (SSSR count). The summed E-state index contributed by atoms with van der Waals surface area (Å²) >= 11 is 7.57. The highest BCUT2D eigenvalue weighted by Crippen LogP contribution is 2.35. The van der Waals surface area contributed by atoms with Crippen molar-refractivity contribution in [3.63, 3.8) is 0 Å². The number of hydrogen-bond donors (Lipinski definition) is 3. The fraction of sp³-hybridized carbons (Fsp3) is 0.132. The van der Waals surface area contributed by atoms with Crippen LogP contribution in [0.25, 0.3) is 17.4 Å². The summed E-state index contributed by atoms with van der Waals surface area (Å²) < 4.78 is 15.8. The van der Waals surface area contributed by atoms with Crippen LogP contribution in [0.2, 0.25) is 5.02 Å². The molecule has 1 heterocycles. The largest absolute Gasteiger partial charge is 0.496 e. The van der Waals surface area contributed by atoms with Crippen molar-refractivity contribution in [3.05, 3.63) is 131 Å². The van der Waals surface area contributed by atoms with E-state index in [2.05, 4.69) is 16.0 Å². The molecule has 0 spiro atoms. The second kappa shape index (κ2) is 15.6. The molecule has 49 heavy (non-hydrogen) atoms. The minimum Gasteiger partial charge on any atom is -0.496 e. The van der Waals surface area contributed by atoms with Crippen LogP contribution < -0.4 is 25.4 Å². The summed E-state index contributed by atoms with van der Waals surface area (Å²) in [7, 11) is 3.10. The summed E-state index contributed by atoms with van der Waals surface area (Å²) in [6.45, 7) is 3.63. The number of carbonyl (C=O) groups excluding carboxylic acids is 3. The fourth-order valence-electron chi connectivity index (χ4n) is 4.68. The first-order valence-electron chi connectivity index (χ1n) is 15.1. The van der Waals surface area contributed by atoms with E-state index in [1.807, 2.05) is 38.1 Å². The van der Waals surface area contributed by atoms with E-state index in [0.717, 1.165) is 10.5 Å². The van der Waals surface area contributed by atoms with Crippen molar-refractivity contribution in [2.75, 3.05) is 24.9 Å². The molecule has 0 saturated carbocycles. The Hall–Kier alpha value is -5.45. The van der Waals surface area contributed by atoms with Crippen LogP contribution in [0.4, 0.5) is 11.4 Å².